The lowest BCUT2D eigenvalue weighted by atomic mass is 10.2. The molecule has 0 saturated heterocycles. The van der Waals surface area contributed by atoms with Crippen molar-refractivity contribution >= 4 is 7.68 Å². The van der Waals surface area contributed by atoms with Gasteiger partial charge in [0.2, 0.25) is 0 Å². The minimum absolute atomic E-state index is 0.0243. The zero-order valence-corrected chi connectivity index (χ0v) is 8.23. The Kier molecular flexibility index (Phi) is 4.94. The van der Waals surface area contributed by atoms with Gasteiger partial charge in [0, 0.05) is 0 Å². The first-order valence-electron chi connectivity index (χ1n) is 4.02. The average Bonchev–Trinajstić information content (AvgIpc) is 2.00. The fraction of sp³-hybridized carbons (Fsp3) is 1.00. The highest BCUT2D eigenvalue weighted by molar-refractivity contribution is 7.53. The largest absolute Gasteiger partial charge is 0.367 e. The minimum Gasteiger partial charge on any atom is -0.302 e. The Labute approximate surface area is 67.7 Å². The Hall–Kier alpha value is 0.120. The van der Waals surface area contributed by atoms with E-state index in [1.807, 2.05) is 13.8 Å². The second kappa shape index (κ2) is 4.89. The van der Waals surface area contributed by atoms with Crippen molar-refractivity contribution in [1.82, 2.24) is 0 Å². The van der Waals surface area contributed by atoms with Gasteiger partial charge in [0.1, 0.15) is 0 Å². The molecule has 0 radical (unpaired) electrons. The van der Waals surface area contributed by atoms with Crippen LogP contribution in [0.15, 0.2) is 0 Å². The predicted molar refractivity (Wildman–Crippen MR) is 44.7 cm³/mol. The molecule has 0 rings (SSSR count). The van der Waals surface area contributed by atoms with Crippen molar-refractivity contribution in [1.29, 1.82) is 0 Å². The zero-order chi connectivity index (χ0) is 8.91. The molecule has 0 amide bonds. The van der Waals surface area contributed by atoms with Crippen LogP contribution in [0.1, 0.15) is 33.6 Å². The van der Waals surface area contributed by atoms with Crippen LogP contribution in [0.4, 0.5) is 4.20 Å². The Morgan fingerprint density at radius 3 is 2.09 bits per heavy atom. The summed E-state index contributed by atoms with van der Waals surface area (Å²) >= 11 is 0. The summed E-state index contributed by atoms with van der Waals surface area (Å²) in [6.07, 6.45) is 1.21. The lowest BCUT2D eigenvalue weighted by Gasteiger charge is -2.15. The van der Waals surface area contributed by atoms with Gasteiger partial charge in [-0.25, -0.2) is 0 Å². The van der Waals surface area contributed by atoms with Crippen LogP contribution < -0.4 is 0 Å². The van der Waals surface area contributed by atoms with Gasteiger partial charge in [-0.1, -0.05) is 20.8 Å². The summed E-state index contributed by atoms with van der Waals surface area (Å²) in [5, 5.41) is 0. The number of hydrogen-bond acceptors (Lipinski definition) is 2. The Bertz CT molecular complexity index is 145. The first-order chi connectivity index (χ1) is 5.05. The summed E-state index contributed by atoms with van der Waals surface area (Å²) in [7, 11) is -3.76. The van der Waals surface area contributed by atoms with Gasteiger partial charge in [-0.2, -0.15) is 4.20 Å². The molecule has 0 bridgehead atoms. The van der Waals surface area contributed by atoms with Gasteiger partial charge in [0.15, 0.2) is 0 Å². The molecular weight excluding hydrogens is 166 g/mol. The van der Waals surface area contributed by atoms with E-state index < -0.39 is 7.68 Å². The molecule has 0 aliphatic rings. The molecule has 0 saturated carbocycles. The smallest absolute Gasteiger partial charge is 0.302 e. The van der Waals surface area contributed by atoms with E-state index in [1.54, 1.807) is 0 Å². The van der Waals surface area contributed by atoms with Gasteiger partial charge < -0.3 is 4.52 Å². The molecule has 2 nitrogen and oxygen atoms in total. The average molecular weight is 182 g/mol. The number of rotatable bonds is 5. The van der Waals surface area contributed by atoms with E-state index in [9.17, 15) is 8.76 Å². The van der Waals surface area contributed by atoms with E-state index >= 15 is 0 Å². The number of hydrogen-bond donors (Lipinski definition) is 0. The second-order valence-corrected chi connectivity index (χ2v) is 4.47. The van der Waals surface area contributed by atoms with Crippen LogP contribution in [-0.2, 0) is 9.09 Å². The highest BCUT2D eigenvalue weighted by Crippen LogP contribution is 2.49. The quantitative estimate of drug-likeness (QED) is 0.609. The van der Waals surface area contributed by atoms with Crippen LogP contribution in [0.5, 0.6) is 0 Å². The molecular formula is C7H16FO2P. The molecule has 11 heavy (non-hydrogen) atoms. The lowest BCUT2D eigenvalue weighted by molar-refractivity contribution is 0.180. The third-order valence-electron chi connectivity index (χ3n) is 1.59. The summed E-state index contributed by atoms with van der Waals surface area (Å²) < 4.78 is 28.4. The molecule has 0 N–H and O–H groups in total. The molecule has 1 unspecified atom stereocenters. The zero-order valence-electron chi connectivity index (χ0n) is 7.34. The maximum Gasteiger partial charge on any atom is 0.367 e. The molecule has 0 aliphatic heterocycles. The molecule has 0 aromatic heterocycles. The van der Waals surface area contributed by atoms with Crippen molar-refractivity contribution < 1.29 is 13.3 Å². The van der Waals surface area contributed by atoms with E-state index in [-0.39, 0.29) is 12.3 Å². The monoisotopic (exact) mass is 182 g/mol. The molecule has 4 heteroatoms. The first kappa shape index (κ1) is 11.1. The fourth-order valence-corrected chi connectivity index (χ4v) is 1.63. The van der Waals surface area contributed by atoms with Crippen molar-refractivity contribution in [2.24, 2.45) is 0 Å². The summed E-state index contributed by atoms with van der Waals surface area (Å²) in [5.74, 6) is 0. The maximum absolute atomic E-state index is 12.8. The van der Waals surface area contributed by atoms with E-state index in [0.717, 1.165) is 0 Å². The van der Waals surface area contributed by atoms with E-state index in [4.69, 9.17) is 4.52 Å². The summed E-state index contributed by atoms with van der Waals surface area (Å²) in [6.45, 7) is 5.32. The number of halogens is 1. The molecule has 68 valence electrons. The van der Waals surface area contributed by atoms with Crippen molar-refractivity contribution in [2.75, 3.05) is 6.16 Å². The Morgan fingerprint density at radius 2 is 1.82 bits per heavy atom. The molecule has 0 heterocycles. The fourth-order valence-electron chi connectivity index (χ4n) is 0.735. The summed E-state index contributed by atoms with van der Waals surface area (Å²) in [6, 6.07) is 0. The molecule has 1 atom stereocenters. The third kappa shape index (κ3) is 4.54. The van der Waals surface area contributed by atoms with Crippen LogP contribution in [0, 0.1) is 0 Å². The van der Waals surface area contributed by atoms with Crippen molar-refractivity contribution in [3.8, 4) is 0 Å². The lowest BCUT2D eigenvalue weighted by Crippen LogP contribution is -2.07. The van der Waals surface area contributed by atoms with Crippen LogP contribution >= 0.6 is 7.68 Å². The maximum atomic E-state index is 12.8. The van der Waals surface area contributed by atoms with E-state index in [2.05, 4.69) is 0 Å². The van der Waals surface area contributed by atoms with Crippen LogP contribution in [0.3, 0.4) is 0 Å². The van der Waals surface area contributed by atoms with Crippen molar-refractivity contribution in [2.45, 2.75) is 39.7 Å². The first-order valence-corrected chi connectivity index (χ1v) is 5.72. The van der Waals surface area contributed by atoms with Crippen LogP contribution in [0.25, 0.3) is 0 Å². The normalized spacial score (nSPS) is 16.8. The standard InChI is InChI=1S/C7H16FO2P/c1-4-7(5-2)10-11(8,9)6-3/h7H,4-6H2,1-3H3. The molecule has 0 aliphatic carbocycles. The minimum atomic E-state index is -3.76. The highest BCUT2D eigenvalue weighted by atomic mass is 31.2. The Balaban J connectivity index is 3.90. The van der Waals surface area contributed by atoms with E-state index in [0.29, 0.717) is 12.8 Å². The van der Waals surface area contributed by atoms with Gasteiger partial charge in [0.25, 0.3) is 0 Å². The third-order valence-corrected chi connectivity index (χ3v) is 2.96. The summed E-state index contributed by atoms with van der Waals surface area (Å²) in [4.78, 5) is 0. The topological polar surface area (TPSA) is 26.3 Å². The second-order valence-electron chi connectivity index (χ2n) is 2.45. The van der Waals surface area contributed by atoms with Gasteiger partial charge in [-0.3, -0.25) is 4.57 Å². The van der Waals surface area contributed by atoms with Crippen LogP contribution in [-0.4, -0.2) is 12.3 Å². The van der Waals surface area contributed by atoms with E-state index in [1.165, 1.54) is 6.92 Å². The highest BCUT2D eigenvalue weighted by Gasteiger charge is 2.22. The summed E-state index contributed by atoms with van der Waals surface area (Å²) in [5.41, 5.74) is 0. The van der Waals surface area contributed by atoms with Gasteiger partial charge in [-0.05, 0) is 12.8 Å². The SMILES string of the molecule is CCC(CC)OP(=O)(F)CC. The molecule has 0 aromatic rings. The van der Waals surface area contributed by atoms with Gasteiger partial charge in [0.05, 0.1) is 12.3 Å². The van der Waals surface area contributed by atoms with Gasteiger partial charge in [-0.15, -0.1) is 0 Å². The Morgan fingerprint density at radius 1 is 1.36 bits per heavy atom. The van der Waals surface area contributed by atoms with Crippen molar-refractivity contribution in [3.63, 3.8) is 0 Å². The molecule has 0 fully saturated rings. The van der Waals surface area contributed by atoms with Gasteiger partial charge >= 0.3 is 7.68 Å². The van der Waals surface area contributed by atoms with Crippen molar-refractivity contribution in [3.05, 3.63) is 0 Å². The van der Waals surface area contributed by atoms with Crippen LogP contribution in [0.2, 0.25) is 0 Å². The molecule has 0 spiro atoms. The predicted octanol–water partition coefficient (Wildman–Crippen LogP) is 3.37. The molecule has 0 aromatic carbocycles.